The molecule has 0 spiro atoms. The van der Waals surface area contributed by atoms with Crippen LogP contribution >= 0.6 is 46.7 Å². The monoisotopic (exact) mass is 548 g/mol. The highest BCUT2D eigenvalue weighted by molar-refractivity contribution is 14.0. The minimum Gasteiger partial charge on any atom is -0.363 e. The fourth-order valence-electron chi connectivity index (χ4n) is 3.14. The van der Waals surface area contributed by atoms with E-state index < -0.39 is 0 Å². The van der Waals surface area contributed by atoms with Crippen LogP contribution in [-0.4, -0.2) is 55.6 Å². The summed E-state index contributed by atoms with van der Waals surface area (Å²) in [5.74, 6) is 0.745. The molecular weight excluding hydrogens is 519 g/mol. The Balaban J connectivity index is 0.00000300. The molecule has 2 aromatic rings. The van der Waals surface area contributed by atoms with Crippen LogP contribution in [0.4, 0.5) is 5.00 Å². The van der Waals surface area contributed by atoms with Crippen LogP contribution in [0.2, 0.25) is 0 Å². The number of thiazole rings is 1. The Kier molecular flexibility index (Phi) is 10.2. The van der Waals surface area contributed by atoms with E-state index in [9.17, 15) is 4.79 Å². The summed E-state index contributed by atoms with van der Waals surface area (Å²) in [6.45, 7) is 7.87. The lowest BCUT2D eigenvalue weighted by Gasteiger charge is -2.33. The van der Waals surface area contributed by atoms with Gasteiger partial charge in [0.15, 0.2) is 5.96 Å². The molecule has 0 bridgehead atoms. The van der Waals surface area contributed by atoms with Crippen molar-refractivity contribution in [1.29, 1.82) is 0 Å². The Bertz CT molecular complexity index is 772. The highest BCUT2D eigenvalue weighted by atomic mass is 127. The maximum Gasteiger partial charge on any atom is 0.263 e. The largest absolute Gasteiger partial charge is 0.363 e. The molecule has 1 amide bonds. The van der Waals surface area contributed by atoms with E-state index in [-0.39, 0.29) is 29.9 Å². The summed E-state index contributed by atoms with van der Waals surface area (Å²) in [6.07, 6.45) is 2.17. The first-order valence-corrected chi connectivity index (χ1v) is 11.4. The molecule has 10 heteroatoms. The second kappa shape index (κ2) is 12.3. The van der Waals surface area contributed by atoms with E-state index in [4.69, 9.17) is 0 Å². The van der Waals surface area contributed by atoms with Crippen molar-refractivity contribution in [3.63, 3.8) is 0 Å². The molecule has 3 N–H and O–H groups in total. The Morgan fingerprint density at radius 3 is 2.72 bits per heavy atom. The zero-order valence-corrected chi connectivity index (χ0v) is 20.8. The van der Waals surface area contributed by atoms with Crippen molar-refractivity contribution in [2.75, 3.05) is 37.6 Å². The number of amides is 1. The normalized spacial score (nSPS) is 15.0. The van der Waals surface area contributed by atoms with E-state index in [1.807, 2.05) is 6.92 Å². The first-order valence-electron chi connectivity index (χ1n) is 9.69. The summed E-state index contributed by atoms with van der Waals surface area (Å²) < 4.78 is 0. The van der Waals surface area contributed by atoms with Gasteiger partial charge in [-0.1, -0.05) is 0 Å². The van der Waals surface area contributed by atoms with Gasteiger partial charge in [-0.15, -0.1) is 46.7 Å². The quantitative estimate of drug-likeness (QED) is 0.215. The highest BCUT2D eigenvalue weighted by Gasteiger charge is 2.20. The van der Waals surface area contributed by atoms with E-state index >= 15 is 0 Å². The van der Waals surface area contributed by atoms with Gasteiger partial charge < -0.3 is 20.9 Å². The van der Waals surface area contributed by atoms with Crippen molar-refractivity contribution >= 4 is 63.5 Å². The molecule has 0 unspecified atom stereocenters. The van der Waals surface area contributed by atoms with Crippen molar-refractivity contribution in [2.45, 2.75) is 32.7 Å². The van der Waals surface area contributed by atoms with Crippen LogP contribution in [-0.2, 0) is 0 Å². The number of anilines is 1. The topological polar surface area (TPSA) is 81.6 Å². The van der Waals surface area contributed by atoms with Crippen LogP contribution in [0.25, 0.3) is 0 Å². The minimum absolute atomic E-state index is 0. The molecule has 29 heavy (non-hydrogen) atoms. The number of aryl methyl sites for hydroxylation is 1. The number of rotatable bonds is 7. The average molecular weight is 549 g/mol. The molecule has 160 valence electrons. The minimum atomic E-state index is -0.0749. The van der Waals surface area contributed by atoms with E-state index in [0.717, 1.165) is 44.1 Å². The highest BCUT2D eigenvalue weighted by Crippen LogP contribution is 2.24. The molecule has 0 saturated carbocycles. The van der Waals surface area contributed by atoms with Crippen LogP contribution < -0.4 is 20.9 Å². The number of aromatic nitrogens is 1. The Labute approximate surface area is 197 Å². The van der Waals surface area contributed by atoms with Crippen LogP contribution in [0.3, 0.4) is 0 Å². The van der Waals surface area contributed by atoms with Crippen LogP contribution in [0.5, 0.6) is 0 Å². The van der Waals surface area contributed by atoms with Gasteiger partial charge in [0.1, 0.15) is 4.88 Å². The maximum atomic E-state index is 12.1. The van der Waals surface area contributed by atoms with Gasteiger partial charge in [-0.2, -0.15) is 0 Å². The molecule has 3 heterocycles. The van der Waals surface area contributed by atoms with Gasteiger partial charge >= 0.3 is 0 Å². The zero-order chi connectivity index (χ0) is 19.8. The van der Waals surface area contributed by atoms with Gasteiger partial charge in [-0.3, -0.25) is 9.79 Å². The second-order valence-corrected chi connectivity index (χ2v) is 8.42. The molecule has 1 fully saturated rings. The third kappa shape index (κ3) is 7.10. The zero-order valence-electron chi connectivity index (χ0n) is 16.8. The number of nitrogens with one attached hydrogen (secondary N) is 3. The molecule has 1 aliphatic rings. The van der Waals surface area contributed by atoms with Crippen LogP contribution in [0.1, 0.15) is 35.1 Å². The number of hydrogen-bond acceptors (Lipinski definition) is 6. The van der Waals surface area contributed by atoms with Gasteiger partial charge in [0.2, 0.25) is 0 Å². The number of hydrogen-bond donors (Lipinski definition) is 3. The fraction of sp³-hybridized carbons (Fsp3) is 0.526. The first kappa shape index (κ1) is 23.9. The van der Waals surface area contributed by atoms with E-state index in [1.165, 1.54) is 16.3 Å². The third-order valence-corrected chi connectivity index (χ3v) is 6.47. The van der Waals surface area contributed by atoms with Crippen molar-refractivity contribution in [3.05, 3.63) is 33.6 Å². The van der Waals surface area contributed by atoms with E-state index in [0.29, 0.717) is 24.0 Å². The number of piperidine rings is 1. The van der Waals surface area contributed by atoms with Gasteiger partial charge in [-0.25, -0.2) is 4.98 Å². The summed E-state index contributed by atoms with van der Waals surface area (Å²) in [7, 11) is 0. The standard InChI is InChI=1S/C19H28N6OS2.HI/c1-3-20-19(22-9-8-21-18(26)17-14(2)23-13-28-17)24-15-6-10-25(11-7-15)16-5-4-12-27-16;/h4-5,12-13,15H,3,6-11H2,1-2H3,(H,21,26)(H2,20,22,24);1H. The van der Waals surface area contributed by atoms with Gasteiger partial charge in [0.25, 0.3) is 5.91 Å². The second-order valence-electron chi connectivity index (χ2n) is 6.64. The lowest BCUT2D eigenvalue weighted by atomic mass is 10.1. The summed E-state index contributed by atoms with van der Waals surface area (Å²) in [5, 5.41) is 13.2. The molecule has 1 saturated heterocycles. The summed E-state index contributed by atoms with van der Waals surface area (Å²) >= 11 is 3.17. The molecule has 0 atom stereocenters. The number of guanidine groups is 1. The van der Waals surface area contributed by atoms with E-state index in [1.54, 1.807) is 16.8 Å². The van der Waals surface area contributed by atoms with Crippen molar-refractivity contribution in [3.8, 4) is 0 Å². The summed E-state index contributed by atoms with van der Waals surface area (Å²) in [5.41, 5.74) is 2.47. The van der Waals surface area contributed by atoms with Crippen molar-refractivity contribution in [2.24, 2.45) is 4.99 Å². The molecule has 3 rings (SSSR count). The number of carbonyl (C=O) groups is 1. The van der Waals surface area contributed by atoms with E-state index in [2.05, 4.69) is 55.3 Å². The SMILES string of the molecule is CCNC(=NCCNC(=O)c1scnc1C)NC1CCN(c2cccs2)CC1.I. The Morgan fingerprint density at radius 2 is 2.10 bits per heavy atom. The molecule has 2 aromatic heterocycles. The Hall–Kier alpha value is -1.40. The lowest BCUT2D eigenvalue weighted by Crippen LogP contribution is -2.48. The first-order chi connectivity index (χ1) is 13.7. The van der Waals surface area contributed by atoms with Crippen molar-refractivity contribution in [1.82, 2.24) is 20.9 Å². The van der Waals surface area contributed by atoms with Gasteiger partial charge in [-0.05, 0) is 44.2 Å². The van der Waals surface area contributed by atoms with Crippen LogP contribution in [0, 0.1) is 6.92 Å². The van der Waals surface area contributed by atoms with Gasteiger partial charge in [0.05, 0.1) is 22.8 Å². The Morgan fingerprint density at radius 1 is 1.31 bits per heavy atom. The third-order valence-electron chi connectivity index (χ3n) is 4.62. The molecular formula is C19H29IN6OS2. The maximum absolute atomic E-state index is 12.1. The number of nitrogens with zero attached hydrogens (tertiary/aromatic N) is 3. The molecule has 0 radical (unpaired) electrons. The predicted octanol–water partition coefficient (Wildman–Crippen LogP) is 3.08. The summed E-state index contributed by atoms with van der Waals surface area (Å²) in [4.78, 5) is 24.0. The summed E-state index contributed by atoms with van der Waals surface area (Å²) in [6, 6.07) is 4.71. The number of carbonyl (C=O) groups excluding carboxylic acids is 1. The number of thiophene rings is 1. The van der Waals surface area contributed by atoms with Crippen molar-refractivity contribution < 1.29 is 4.79 Å². The molecule has 0 aliphatic carbocycles. The van der Waals surface area contributed by atoms with Crippen LogP contribution in [0.15, 0.2) is 28.0 Å². The molecule has 0 aromatic carbocycles. The molecule has 1 aliphatic heterocycles. The number of aliphatic imine (C=N–C) groups is 1. The molecule has 7 nitrogen and oxygen atoms in total. The smallest absolute Gasteiger partial charge is 0.263 e. The predicted molar refractivity (Wildman–Crippen MR) is 133 cm³/mol. The average Bonchev–Trinajstić information content (AvgIpc) is 3.37. The van der Waals surface area contributed by atoms with Gasteiger partial charge in [0, 0.05) is 32.2 Å². The number of halogens is 1. The fourth-order valence-corrected chi connectivity index (χ4v) is 4.65. The lowest BCUT2D eigenvalue weighted by molar-refractivity contribution is 0.0958.